The van der Waals surface area contributed by atoms with Crippen LogP contribution in [0, 0.1) is 17.8 Å². The maximum atomic E-state index is 10.9. The molecule has 2 aliphatic carbocycles. The van der Waals surface area contributed by atoms with Crippen molar-refractivity contribution >= 4 is 5.91 Å². The van der Waals surface area contributed by atoms with Crippen molar-refractivity contribution in [2.45, 2.75) is 19.3 Å². The molecule has 1 N–H and O–H groups in total. The Hall–Kier alpha value is -1.05. The van der Waals surface area contributed by atoms with Crippen molar-refractivity contribution in [1.82, 2.24) is 5.32 Å². The summed E-state index contributed by atoms with van der Waals surface area (Å²) in [6.45, 7) is 4.22. The van der Waals surface area contributed by atoms with Crippen LogP contribution in [0.2, 0.25) is 0 Å². The second-order valence-electron chi connectivity index (χ2n) is 4.32. The van der Waals surface area contributed by atoms with Crippen molar-refractivity contribution in [3.05, 3.63) is 24.8 Å². The first-order chi connectivity index (χ1) is 6.79. The summed E-state index contributed by atoms with van der Waals surface area (Å²) in [4.78, 5) is 10.9. The molecule has 0 aromatic carbocycles. The molecule has 1 unspecified atom stereocenters. The highest BCUT2D eigenvalue weighted by atomic mass is 16.1. The van der Waals surface area contributed by atoms with Crippen molar-refractivity contribution in [2.75, 3.05) is 6.54 Å². The van der Waals surface area contributed by atoms with Crippen LogP contribution in [0.1, 0.15) is 19.3 Å². The van der Waals surface area contributed by atoms with Crippen molar-refractivity contribution in [2.24, 2.45) is 17.8 Å². The van der Waals surface area contributed by atoms with Crippen LogP contribution in [0.3, 0.4) is 0 Å². The first kappa shape index (κ1) is 9.50. The maximum absolute atomic E-state index is 10.9. The Morgan fingerprint density at radius 3 is 2.93 bits per heavy atom. The van der Waals surface area contributed by atoms with Gasteiger partial charge in [0.25, 0.3) is 0 Å². The predicted octanol–water partition coefficient (Wildman–Crippen LogP) is 1.89. The Morgan fingerprint density at radius 2 is 2.36 bits per heavy atom. The third-order valence-corrected chi connectivity index (χ3v) is 3.42. The van der Waals surface area contributed by atoms with Gasteiger partial charge in [-0.3, -0.25) is 4.79 Å². The van der Waals surface area contributed by atoms with E-state index in [0.29, 0.717) is 0 Å². The van der Waals surface area contributed by atoms with Gasteiger partial charge in [0.1, 0.15) is 0 Å². The molecule has 76 valence electrons. The Labute approximate surface area is 85.1 Å². The molecule has 0 aromatic rings. The van der Waals surface area contributed by atoms with Gasteiger partial charge >= 0.3 is 0 Å². The fraction of sp³-hybridized carbons (Fsp3) is 0.583. The molecule has 0 heterocycles. The van der Waals surface area contributed by atoms with E-state index in [9.17, 15) is 4.79 Å². The lowest BCUT2D eigenvalue weighted by atomic mass is 9.91. The molecule has 0 aliphatic heterocycles. The SMILES string of the molecule is C=CC(=O)NCCC1C[C@@H]2C=C[C@H]1C2. The zero-order valence-corrected chi connectivity index (χ0v) is 8.41. The van der Waals surface area contributed by atoms with Gasteiger partial charge in [0, 0.05) is 6.54 Å². The molecule has 2 nitrogen and oxygen atoms in total. The van der Waals surface area contributed by atoms with Gasteiger partial charge in [-0.1, -0.05) is 18.7 Å². The maximum Gasteiger partial charge on any atom is 0.243 e. The summed E-state index contributed by atoms with van der Waals surface area (Å²) in [5.41, 5.74) is 0. The monoisotopic (exact) mass is 191 g/mol. The predicted molar refractivity (Wildman–Crippen MR) is 56.7 cm³/mol. The van der Waals surface area contributed by atoms with Crippen molar-refractivity contribution < 1.29 is 4.79 Å². The lowest BCUT2D eigenvalue weighted by Gasteiger charge is -2.17. The standard InChI is InChI=1S/C12H17NO/c1-2-12(14)13-6-5-11-8-9-3-4-10(11)7-9/h2-4,9-11H,1,5-8H2,(H,13,14)/t9-,10+,11?/m1/s1. The van der Waals surface area contributed by atoms with Crippen molar-refractivity contribution in [3.63, 3.8) is 0 Å². The van der Waals surface area contributed by atoms with E-state index in [0.717, 1.165) is 30.7 Å². The molecule has 0 saturated heterocycles. The molecule has 2 rings (SSSR count). The van der Waals surface area contributed by atoms with E-state index < -0.39 is 0 Å². The third kappa shape index (κ3) is 1.89. The molecule has 0 spiro atoms. The number of rotatable bonds is 4. The molecule has 0 aromatic heterocycles. The molecule has 3 atom stereocenters. The van der Waals surface area contributed by atoms with Gasteiger partial charge in [-0.2, -0.15) is 0 Å². The molecule has 1 fully saturated rings. The number of carbonyl (C=O) groups excluding carboxylic acids is 1. The summed E-state index contributed by atoms with van der Waals surface area (Å²) in [6, 6.07) is 0. The van der Waals surface area contributed by atoms with Crippen molar-refractivity contribution in [3.8, 4) is 0 Å². The van der Waals surface area contributed by atoms with Gasteiger partial charge < -0.3 is 5.32 Å². The van der Waals surface area contributed by atoms with Gasteiger partial charge in [0.05, 0.1) is 0 Å². The van der Waals surface area contributed by atoms with Crippen LogP contribution < -0.4 is 5.32 Å². The van der Waals surface area contributed by atoms with E-state index in [2.05, 4.69) is 24.0 Å². The highest BCUT2D eigenvalue weighted by molar-refractivity contribution is 5.86. The molecule has 14 heavy (non-hydrogen) atoms. The minimum Gasteiger partial charge on any atom is -0.353 e. The van der Waals surface area contributed by atoms with Crippen LogP contribution in [0.5, 0.6) is 0 Å². The largest absolute Gasteiger partial charge is 0.353 e. The van der Waals surface area contributed by atoms with Gasteiger partial charge in [0.15, 0.2) is 0 Å². The van der Waals surface area contributed by atoms with Gasteiger partial charge in [0.2, 0.25) is 5.91 Å². The second kappa shape index (κ2) is 3.99. The Bertz CT molecular complexity index is 269. The van der Waals surface area contributed by atoms with E-state index in [1.54, 1.807) is 0 Å². The molecular formula is C12H17NO. The zero-order valence-electron chi connectivity index (χ0n) is 8.41. The molecule has 2 bridgehead atoms. The van der Waals surface area contributed by atoms with Gasteiger partial charge in [-0.05, 0) is 43.1 Å². The topological polar surface area (TPSA) is 29.1 Å². The van der Waals surface area contributed by atoms with E-state index in [1.165, 1.54) is 18.9 Å². The van der Waals surface area contributed by atoms with Crippen LogP contribution in [0.4, 0.5) is 0 Å². The minimum absolute atomic E-state index is 0.0521. The molecule has 2 heteroatoms. The molecule has 0 radical (unpaired) electrons. The van der Waals surface area contributed by atoms with Gasteiger partial charge in [-0.15, -0.1) is 0 Å². The van der Waals surface area contributed by atoms with Crippen LogP contribution in [0.25, 0.3) is 0 Å². The molecule has 1 saturated carbocycles. The normalized spacial score (nSPS) is 33.3. The average molecular weight is 191 g/mol. The number of hydrogen-bond donors (Lipinski definition) is 1. The summed E-state index contributed by atoms with van der Waals surface area (Å²) < 4.78 is 0. The zero-order chi connectivity index (χ0) is 9.97. The minimum atomic E-state index is -0.0521. The Morgan fingerprint density at radius 1 is 1.50 bits per heavy atom. The molecule has 1 amide bonds. The molecular weight excluding hydrogens is 174 g/mol. The third-order valence-electron chi connectivity index (χ3n) is 3.42. The fourth-order valence-electron chi connectivity index (χ4n) is 2.68. The number of amides is 1. The van der Waals surface area contributed by atoms with E-state index >= 15 is 0 Å². The lowest BCUT2D eigenvalue weighted by molar-refractivity contribution is -0.116. The van der Waals surface area contributed by atoms with Crippen LogP contribution in [0.15, 0.2) is 24.8 Å². The quantitative estimate of drug-likeness (QED) is 0.533. The van der Waals surface area contributed by atoms with Gasteiger partial charge in [-0.25, -0.2) is 0 Å². The van der Waals surface area contributed by atoms with E-state index in [-0.39, 0.29) is 5.91 Å². The van der Waals surface area contributed by atoms with Crippen LogP contribution in [-0.4, -0.2) is 12.5 Å². The highest BCUT2D eigenvalue weighted by Gasteiger charge is 2.34. The summed E-state index contributed by atoms with van der Waals surface area (Å²) in [5.74, 6) is 2.37. The second-order valence-corrected chi connectivity index (χ2v) is 4.32. The van der Waals surface area contributed by atoms with Crippen LogP contribution in [-0.2, 0) is 4.79 Å². The number of fused-ring (bicyclic) bond motifs is 2. The first-order valence-corrected chi connectivity index (χ1v) is 5.38. The van der Waals surface area contributed by atoms with E-state index in [1.807, 2.05) is 0 Å². The number of allylic oxidation sites excluding steroid dienone is 2. The average Bonchev–Trinajstić information content (AvgIpc) is 2.79. The summed E-state index contributed by atoms with van der Waals surface area (Å²) in [6.07, 6.45) is 9.83. The summed E-state index contributed by atoms with van der Waals surface area (Å²) in [7, 11) is 0. The summed E-state index contributed by atoms with van der Waals surface area (Å²) in [5, 5.41) is 2.84. The van der Waals surface area contributed by atoms with E-state index in [4.69, 9.17) is 0 Å². The van der Waals surface area contributed by atoms with Crippen molar-refractivity contribution in [1.29, 1.82) is 0 Å². The first-order valence-electron chi connectivity index (χ1n) is 5.38. The Kier molecular flexibility index (Phi) is 2.71. The Balaban J connectivity index is 1.70. The highest BCUT2D eigenvalue weighted by Crippen LogP contribution is 2.44. The summed E-state index contributed by atoms with van der Waals surface area (Å²) >= 11 is 0. The number of nitrogens with one attached hydrogen (secondary N) is 1. The fourth-order valence-corrected chi connectivity index (χ4v) is 2.68. The van der Waals surface area contributed by atoms with Crippen LogP contribution >= 0.6 is 0 Å². The smallest absolute Gasteiger partial charge is 0.243 e. The number of carbonyl (C=O) groups is 1. The number of hydrogen-bond acceptors (Lipinski definition) is 1. The lowest BCUT2D eigenvalue weighted by Crippen LogP contribution is -2.24. The molecule has 2 aliphatic rings.